The van der Waals surface area contributed by atoms with Gasteiger partial charge in [0.05, 0.1) is 5.71 Å². The maximum atomic E-state index is 10.7. The summed E-state index contributed by atoms with van der Waals surface area (Å²) in [6, 6.07) is 0. The van der Waals surface area contributed by atoms with Crippen molar-refractivity contribution in [1.82, 2.24) is 5.32 Å². The lowest BCUT2D eigenvalue weighted by atomic mass is 10.1. The summed E-state index contributed by atoms with van der Waals surface area (Å²) >= 11 is 0. The van der Waals surface area contributed by atoms with Gasteiger partial charge in [0.15, 0.2) is 0 Å². The smallest absolute Gasteiger partial charge is 0.323 e. The van der Waals surface area contributed by atoms with Crippen molar-refractivity contribution in [2.75, 3.05) is 7.05 Å². The van der Waals surface area contributed by atoms with E-state index in [-0.39, 0.29) is 0 Å². The summed E-state index contributed by atoms with van der Waals surface area (Å²) in [5.74, 6) is 0. The van der Waals surface area contributed by atoms with Gasteiger partial charge in [-0.2, -0.15) is 0 Å². The van der Waals surface area contributed by atoms with E-state index in [1.165, 1.54) is 7.05 Å². The predicted molar refractivity (Wildman–Crippen MR) is 52.8 cm³/mol. The normalized spacial score (nSPS) is 11.2. The van der Waals surface area contributed by atoms with Crippen molar-refractivity contribution < 1.29 is 9.63 Å². The van der Waals surface area contributed by atoms with Crippen LogP contribution in [0.1, 0.15) is 39.5 Å². The van der Waals surface area contributed by atoms with Gasteiger partial charge in [-0.25, -0.2) is 4.79 Å². The fourth-order valence-electron chi connectivity index (χ4n) is 0.819. The molecule has 0 saturated heterocycles. The van der Waals surface area contributed by atoms with Crippen molar-refractivity contribution in [2.24, 2.45) is 5.16 Å². The van der Waals surface area contributed by atoms with Gasteiger partial charge in [-0.1, -0.05) is 25.4 Å². The molecule has 0 aliphatic carbocycles. The van der Waals surface area contributed by atoms with Crippen LogP contribution in [0.5, 0.6) is 0 Å². The second-order valence-corrected chi connectivity index (χ2v) is 2.74. The zero-order valence-electron chi connectivity index (χ0n) is 8.59. The minimum absolute atomic E-state index is 0.512. The minimum atomic E-state index is -0.512. The number of nitrogens with zero attached hydrogens (tertiary/aromatic N) is 1. The van der Waals surface area contributed by atoms with Gasteiger partial charge < -0.3 is 5.32 Å². The molecule has 0 aliphatic rings. The van der Waals surface area contributed by atoms with Gasteiger partial charge in [0, 0.05) is 7.05 Å². The number of hydrogen-bond donors (Lipinski definition) is 1. The van der Waals surface area contributed by atoms with Gasteiger partial charge in [-0.05, 0) is 19.3 Å². The molecule has 0 spiro atoms. The summed E-state index contributed by atoms with van der Waals surface area (Å²) < 4.78 is 0. The Kier molecular flexibility index (Phi) is 6.96. The van der Waals surface area contributed by atoms with Crippen LogP contribution in [0.4, 0.5) is 4.79 Å². The highest BCUT2D eigenvalue weighted by molar-refractivity contribution is 5.84. The van der Waals surface area contributed by atoms with Crippen molar-refractivity contribution in [2.45, 2.75) is 39.5 Å². The van der Waals surface area contributed by atoms with E-state index in [9.17, 15) is 4.79 Å². The van der Waals surface area contributed by atoms with Crippen molar-refractivity contribution in [3.05, 3.63) is 0 Å². The van der Waals surface area contributed by atoms with Gasteiger partial charge in [-0.3, -0.25) is 4.84 Å². The third kappa shape index (κ3) is 6.13. The Balaban J connectivity index is 3.84. The van der Waals surface area contributed by atoms with Crippen LogP contribution in [-0.2, 0) is 4.84 Å². The highest BCUT2D eigenvalue weighted by atomic mass is 16.7. The van der Waals surface area contributed by atoms with Gasteiger partial charge in [0.2, 0.25) is 0 Å². The van der Waals surface area contributed by atoms with E-state index in [1.807, 2.05) is 6.92 Å². The zero-order chi connectivity index (χ0) is 10.1. The van der Waals surface area contributed by atoms with Crippen molar-refractivity contribution >= 4 is 11.8 Å². The predicted octanol–water partition coefficient (Wildman–Crippen LogP) is 2.30. The largest absolute Gasteiger partial charge is 0.433 e. The standard InChI is InChI=1S/C9H18N2O2/c1-4-6-7-8(5-2)11-13-9(12)10-3/h4-7H2,1-3H3,(H,10,12). The molecular formula is C9H18N2O2. The first-order chi connectivity index (χ1) is 6.24. The number of amides is 1. The molecule has 0 bridgehead atoms. The lowest BCUT2D eigenvalue weighted by Crippen LogP contribution is -2.17. The molecule has 0 aromatic rings. The summed E-state index contributed by atoms with van der Waals surface area (Å²) in [5, 5.41) is 6.09. The molecule has 0 aromatic carbocycles. The Morgan fingerprint density at radius 3 is 2.62 bits per heavy atom. The van der Waals surface area contributed by atoms with Crippen LogP contribution in [0.25, 0.3) is 0 Å². The van der Waals surface area contributed by atoms with Gasteiger partial charge in [-0.15, -0.1) is 0 Å². The van der Waals surface area contributed by atoms with E-state index >= 15 is 0 Å². The Hall–Kier alpha value is -1.06. The monoisotopic (exact) mass is 186 g/mol. The molecular weight excluding hydrogens is 168 g/mol. The van der Waals surface area contributed by atoms with E-state index in [2.05, 4.69) is 22.2 Å². The number of hydrogen-bond acceptors (Lipinski definition) is 3. The van der Waals surface area contributed by atoms with Crippen LogP contribution in [-0.4, -0.2) is 18.9 Å². The van der Waals surface area contributed by atoms with Crippen LogP contribution in [0.2, 0.25) is 0 Å². The number of rotatable bonds is 5. The first kappa shape index (κ1) is 11.9. The maximum absolute atomic E-state index is 10.7. The second kappa shape index (κ2) is 7.58. The first-order valence-corrected chi connectivity index (χ1v) is 4.69. The number of unbranched alkanes of at least 4 members (excludes halogenated alkanes) is 1. The number of carbonyl (C=O) groups is 1. The lowest BCUT2D eigenvalue weighted by Gasteiger charge is -2.01. The molecule has 0 saturated carbocycles. The van der Waals surface area contributed by atoms with Crippen LogP contribution >= 0.6 is 0 Å². The SMILES string of the molecule is CCCCC(CC)=NOC(=O)NC. The molecule has 1 N–H and O–H groups in total. The average molecular weight is 186 g/mol. The fourth-order valence-corrected chi connectivity index (χ4v) is 0.819. The van der Waals surface area contributed by atoms with Gasteiger partial charge >= 0.3 is 6.09 Å². The molecule has 0 radical (unpaired) electrons. The number of oxime groups is 1. The van der Waals surface area contributed by atoms with E-state index in [1.54, 1.807) is 0 Å². The maximum Gasteiger partial charge on any atom is 0.433 e. The summed E-state index contributed by atoms with van der Waals surface area (Å²) in [5.41, 5.74) is 0.936. The first-order valence-electron chi connectivity index (χ1n) is 4.69. The molecule has 4 heteroatoms. The van der Waals surface area contributed by atoms with Crippen molar-refractivity contribution in [1.29, 1.82) is 0 Å². The van der Waals surface area contributed by atoms with Gasteiger partial charge in [0.25, 0.3) is 0 Å². The molecule has 0 aliphatic heterocycles. The zero-order valence-corrected chi connectivity index (χ0v) is 8.59. The summed E-state index contributed by atoms with van der Waals surface area (Å²) in [4.78, 5) is 15.2. The molecule has 1 amide bonds. The Labute approximate surface area is 79.3 Å². The Morgan fingerprint density at radius 2 is 2.15 bits per heavy atom. The minimum Gasteiger partial charge on any atom is -0.323 e. The quantitative estimate of drug-likeness (QED) is 0.407. The van der Waals surface area contributed by atoms with Crippen LogP contribution in [0.3, 0.4) is 0 Å². The van der Waals surface area contributed by atoms with Crippen molar-refractivity contribution in [3.8, 4) is 0 Å². The van der Waals surface area contributed by atoms with Crippen molar-refractivity contribution in [3.63, 3.8) is 0 Å². The number of nitrogens with one attached hydrogen (secondary N) is 1. The van der Waals surface area contributed by atoms with Crippen LogP contribution in [0.15, 0.2) is 5.16 Å². The fraction of sp³-hybridized carbons (Fsp3) is 0.778. The Morgan fingerprint density at radius 1 is 1.46 bits per heavy atom. The topological polar surface area (TPSA) is 50.7 Å². The molecule has 0 aromatic heterocycles. The molecule has 0 fully saturated rings. The Bertz CT molecular complexity index is 178. The average Bonchev–Trinajstić information content (AvgIpc) is 2.17. The molecule has 4 nitrogen and oxygen atoms in total. The van der Waals surface area contributed by atoms with E-state index < -0.39 is 6.09 Å². The molecule has 0 heterocycles. The highest BCUT2D eigenvalue weighted by Gasteiger charge is 1.99. The van der Waals surface area contributed by atoms with E-state index in [0.717, 1.165) is 31.4 Å². The molecule has 0 atom stereocenters. The van der Waals surface area contributed by atoms with Gasteiger partial charge in [0.1, 0.15) is 0 Å². The highest BCUT2D eigenvalue weighted by Crippen LogP contribution is 2.01. The van der Waals surface area contributed by atoms with Crippen LogP contribution < -0.4 is 5.32 Å². The molecule has 0 unspecified atom stereocenters. The molecule has 13 heavy (non-hydrogen) atoms. The third-order valence-electron chi connectivity index (χ3n) is 1.69. The summed E-state index contributed by atoms with van der Waals surface area (Å²) in [7, 11) is 1.51. The molecule has 0 rings (SSSR count). The van der Waals surface area contributed by atoms with E-state index in [0.29, 0.717) is 0 Å². The lowest BCUT2D eigenvalue weighted by molar-refractivity contribution is 0.152. The van der Waals surface area contributed by atoms with E-state index in [4.69, 9.17) is 0 Å². The summed E-state index contributed by atoms with van der Waals surface area (Å²) in [6.07, 6.45) is 3.44. The van der Waals surface area contributed by atoms with Crippen LogP contribution in [0, 0.1) is 0 Å². The third-order valence-corrected chi connectivity index (χ3v) is 1.69. The number of carbonyl (C=O) groups excluding carboxylic acids is 1. The summed E-state index contributed by atoms with van der Waals surface area (Å²) in [6.45, 7) is 4.12. The molecule has 76 valence electrons. The second-order valence-electron chi connectivity index (χ2n) is 2.74.